The zero-order chi connectivity index (χ0) is 25.0. The van der Waals surface area contributed by atoms with Crippen molar-refractivity contribution in [3.05, 3.63) is 143 Å². The highest BCUT2D eigenvalue weighted by Crippen LogP contribution is 2.09. The zero-order valence-corrected chi connectivity index (χ0v) is 20.2. The molecule has 182 valence electrons. The summed E-state index contributed by atoms with van der Waals surface area (Å²) in [5.74, 6) is -0.479. The Morgan fingerprint density at radius 2 is 1.03 bits per heavy atom. The van der Waals surface area contributed by atoms with Gasteiger partial charge in [0.25, 0.3) is 5.91 Å². The maximum atomic E-state index is 13.0. The molecule has 0 saturated heterocycles. The lowest BCUT2D eigenvalue weighted by Gasteiger charge is -2.19. The van der Waals surface area contributed by atoms with Crippen LogP contribution in [-0.2, 0) is 30.8 Å². The highest BCUT2D eigenvalue weighted by Gasteiger charge is 2.22. The molecule has 0 aliphatic rings. The van der Waals surface area contributed by atoms with Crippen molar-refractivity contribution in [2.45, 2.75) is 32.1 Å². The molecule has 3 N–H and O–H groups in total. The molecule has 0 heterocycles. The number of hydrogen-bond acceptors (Lipinski definition) is 3. The van der Waals surface area contributed by atoms with Crippen LogP contribution in [0.5, 0.6) is 0 Å². The SMILES string of the molecule is O=C(N[C@@H](Cc1ccccc1)C(=O)NCc1ccccc1)c1ccc(CNCc2ccccc2)cc1. The van der Waals surface area contributed by atoms with Crippen LogP contribution in [0.4, 0.5) is 0 Å². The number of rotatable bonds is 11. The summed E-state index contributed by atoms with van der Waals surface area (Å²) in [6.45, 7) is 1.89. The maximum absolute atomic E-state index is 13.0. The van der Waals surface area contributed by atoms with E-state index in [9.17, 15) is 9.59 Å². The Balaban J connectivity index is 1.36. The minimum absolute atomic E-state index is 0.210. The molecule has 5 heteroatoms. The van der Waals surface area contributed by atoms with Crippen molar-refractivity contribution < 1.29 is 9.59 Å². The molecule has 1 atom stereocenters. The zero-order valence-electron chi connectivity index (χ0n) is 20.2. The molecule has 0 aliphatic heterocycles. The molecule has 0 bridgehead atoms. The van der Waals surface area contributed by atoms with Crippen LogP contribution in [0, 0.1) is 0 Å². The predicted octanol–water partition coefficient (Wildman–Crippen LogP) is 4.63. The Hall–Kier alpha value is -4.22. The normalized spacial score (nSPS) is 11.4. The van der Waals surface area contributed by atoms with E-state index in [1.165, 1.54) is 5.56 Å². The number of carbonyl (C=O) groups excluding carboxylic acids is 2. The third-order valence-electron chi connectivity index (χ3n) is 5.93. The van der Waals surface area contributed by atoms with E-state index in [0.717, 1.165) is 23.2 Å². The van der Waals surface area contributed by atoms with E-state index < -0.39 is 6.04 Å². The highest BCUT2D eigenvalue weighted by molar-refractivity contribution is 5.97. The van der Waals surface area contributed by atoms with E-state index in [1.54, 1.807) is 12.1 Å². The second-order valence-corrected chi connectivity index (χ2v) is 8.71. The Kier molecular flexibility index (Phi) is 9.01. The van der Waals surface area contributed by atoms with Crippen LogP contribution >= 0.6 is 0 Å². The Bertz CT molecular complexity index is 1230. The third kappa shape index (κ3) is 7.65. The largest absolute Gasteiger partial charge is 0.350 e. The van der Waals surface area contributed by atoms with Gasteiger partial charge in [-0.05, 0) is 34.4 Å². The van der Waals surface area contributed by atoms with E-state index in [-0.39, 0.29) is 11.8 Å². The van der Waals surface area contributed by atoms with Gasteiger partial charge >= 0.3 is 0 Å². The smallest absolute Gasteiger partial charge is 0.251 e. The first-order valence-corrected chi connectivity index (χ1v) is 12.2. The first-order valence-electron chi connectivity index (χ1n) is 12.2. The summed E-state index contributed by atoms with van der Waals surface area (Å²) in [7, 11) is 0. The number of nitrogens with one attached hydrogen (secondary N) is 3. The van der Waals surface area contributed by atoms with Crippen LogP contribution in [0.3, 0.4) is 0 Å². The molecule has 0 spiro atoms. The van der Waals surface area contributed by atoms with Crippen LogP contribution in [0.2, 0.25) is 0 Å². The molecule has 4 aromatic carbocycles. The third-order valence-corrected chi connectivity index (χ3v) is 5.93. The number of benzene rings is 4. The second-order valence-electron chi connectivity index (χ2n) is 8.71. The number of carbonyl (C=O) groups is 2. The van der Waals surface area contributed by atoms with Crippen molar-refractivity contribution in [2.24, 2.45) is 0 Å². The molecule has 5 nitrogen and oxygen atoms in total. The van der Waals surface area contributed by atoms with Gasteiger partial charge in [-0.2, -0.15) is 0 Å². The van der Waals surface area contributed by atoms with Gasteiger partial charge in [0.05, 0.1) is 0 Å². The summed E-state index contributed by atoms with van der Waals surface area (Å²) < 4.78 is 0. The van der Waals surface area contributed by atoms with Gasteiger partial charge in [0.15, 0.2) is 0 Å². The standard InChI is InChI=1S/C31H31N3O2/c35-30(28-18-16-27(17-19-28)22-32-21-25-12-6-2-7-13-25)34-29(20-24-10-4-1-5-11-24)31(36)33-23-26-14-8-3-9-15-26/h1-19,29,32H,20-23H2,(H,33,36)(H,34,35)/t29-/m0/s1. The fraction of sp³-hybridized carbons (Fsp3) is 0.161. The van der Waals surface area contributed by atoms with Gasteiger partial charge in [-0.3, -0.25) is 9.59 Å². The Morgan fingerprint density at radius 3 is 1.58 bits per heavy atom. The van der Waals surface area contributed by atoms with E-state index in [1.807, 2.05) is 91.0 Å². The summed E-state index contributed by atoms with van der Waals surface area (Å²) in [5, 5.41) is 9.31. The summed E-state index contributed by atoms with van der Waals surface area (Å²) in [4.78, 5) is 26.1. The molecule has 2 amide bonds. The van der Waals surface area contributed by atoms with Gasteiger partial charge in [-0.25, -0.2) is 0 Å². The average molecular weight is 478 g/mol. The van der Waals surface area contributed by atoms with Crippen LogP contribution in [-0.4, -0.2) is 17.9 Å². The molecule has 4 rings (SSSR count). The lowest BCUT2D eigenvalue weighted by molar-refractivity contribution is -0.123. The lowest BCUT2D eigenvalue weighted by atomic mass is 10.0. The van der Waals surface area contributed by atoms with Crippen LogP contribution < -0.4 is 16.0 Å². The van der Waals surface area contributed by atoms with Crippen molar-refractivity contribution >= 4 is 11.8 Å². The van der Waals surface area contributed by atoms with E-state index in [0.29, 0.717) is 25.1 Å². The fourth-order valence-electron chi connectivity index (χ4n) is 3.93. The predicted molar refractivity (Wildman–Crippen MR) is 143 cm³/mol. The fourth-order valence-corrected chi connectivity index (χ4v) is 3.93. The summed E-state index contributed by atoms with van der Waals surface area (Å²) >= 11 is 0. The molecule has 0 saturated carbocycles. The van der Waals surface area contributed by atoms with E-state index in [4.69, 9.17) is 0 Å². The summed E-state index contributed by atoms with van der Waals surface area (Å²) in [6, 6.07) is 36.5. The Labute approximate surface area is 212 Å². The molecule has 4 aromatic rings. The Morgan fingerprint density at radius 1 is 0.556 bits per heavy atom. The van der Waals surface area contributed by atoms with Gasteiger partial charge in [-0.1, -0.05) is 103 Å². The molecule has 0 aliphatic carbocycles. The van der Waals surface area contributed by atoms with Crippen LogP contribution in [0.25, 0.3) is 0 Å². The van der Waals surface area contributed by atoms with Gasteiger partial charge in [0, 0.05) is 31.6 Å². The lowest BCUT2D eigenvalue weighted by Crippen LogP contribution is -2.47. The molecule has 0 radical (unpaired) electrons. The van der Waals surface area contributed by atoms with Gasteiger partial charge < -0.3 is 16.0 Å². The van der Waals surface area contributed by atoms with Crippen molar-refractivity contribution in [3.8, 4) is 0 Å². The molecule has 0 unspecified atom stereocenters. The first-order chi connectivity index (χ1) is 17.7. The molecule has 0 aromatic heterocycles. The molecular weight excluding hydrogens is 446 g/mol. The van der Waals surface area contributed by atoms with Gasteiger partial charge in [-0.15, -0.1) is 0 Å². The van der Waals surface area contributed by atoms with Gasteiger partial charge in [0.2, 0.25) is 5.91 Å². The minimum atomic E-state index is -0.684. The van der Waals surface area contributed by atoms with Crippen LogP contribution in [0.15, 0.2) is 115 Å². The van der Waals surface area contributed by atoms with E-state index in [2.05, 4.69) is 28.1 Å². The number of amides is 2. The van der Waals surface area contributed by atoms with E-state index >= 15 is 0 Å². The maximum Gasteiger partial charge on any atom is 0.251 e. The van der Waals surface area contributed by atoms with Crippen molar-refractivity contribution in [2.75, 3.05) is 0 Å². The van der Waals surface area contributed by atoms with Crippen LogP contribution in [0.1, 0.15) is 32.6 Å². The van der Waals surface area contributed by atoms with Crippen molar-refractivity contribution in [1.82, 2.24) is 16.0 Å². The number of hydrogen-bond donors (Lipinski definition) is 3. The van der Waals surface area contributed by atoms with Crippen molar-refractivity contribution in [3.63, 3.8) is 0 Å². The minimum Gasteiger partial charge on any atom is -0.350 e. The molecular formula is C31H31N3O2. The molecule has 0 fully saturated rings. The molecule has 36 heavy (non-hydrogen) atoms. The summed E-state index contributed by atoms with van der Waals surface area (Å²) in [6.07, 6.45) is 0.411. The highest BCUT2D eigenvalue weighted by atomic mass is 16.2. The summed E-state index contributed by atoms with van der Waals surface area (Å²) in [5.41, 5.74) is 4.83. The van der Waals surface area contributed by atoms with Gasteiger partial charge in [0.1, 0.15) is 6.04 Å². The monoisotopic (exact) mass is 477 g/mol. The quantitative estimate of drug-likeness (QED) is 0.295. The topological polar surface area (TPSA) is 70.2 Å². The second kappa shape index (κ2) is 13.0. The van der Waals surface area contributed by atoms with Crippen molar-refractivity contribution in [1.29, 1.82) is 0 Å². The average Bonchev–Trinajstić information content (AvgIpc) is 2.93. The first kappa shape index (κ1) is 24.9.